The van der Waals surface area contributed by atoms with Crippen molar-refractivity contribution in [1.82, 2.24) is 0 Å². The molecule has 0 radical (unpaired) electrons. The second-order valence-electron chi connectivity index (χ2n) is 4.10. The third-order valence-corrected chi connectivity index (χ3v) is 2.58. The Labute approximate surface area is 114 Å². The highest BCUT2D eigenvalue weighted by atomic mass is 32.1. The summed E-state index contributed by atoms with van der Waals surface area (Å²) >= 11 is 4.86. The lowest BCUT2D eigenvalue weighted by molar-refractivity contribution is 0.0980. The van der Waals surface area contributed by atoms with Crippen molar-refractivity contribution in [2.75, 3.05) is 19.8 Å². The Bertz CT molecular complexity index is 351. The molecule has 1 rings (SSSR count). The molecule has 100 valence electrons. The first-order chi connectivity index (χ1) is 8.72. The minimum Gasteiger partial charge on any atom is -0.491 e. The number of rotatable bonds is 9. The van der Waals surface area contributed by atoms with Crippen LogP contribution >= 0.6 is 12.2 Å². The lowest BCUT2D eigenvalue weighted by atomic mass is 10.1. The Kier molecular flexibility index (Phi) is 7.37. The van der Waals surface area contributed by atoms with Gasteiger partial charge < -0.3 is 15.2 Å². The fourth-order valence-electron chi connectivity index (χ4n) is 1.47. The van der Waals surface area contributed by atoms with Crippen LogP contribution < -0.4 is 10.5 Å². The summed E-state index contributed by atoms with van der Waals surface area (Å²) in [4.78, 5) is 0.507. The highest BCUT2D eigenvalue weighted by molar-refractivity contribution is 7.80. The first kappa shape index (κ1) is 14.9. The van der Waals surface area contributed by atoms with Crippen LogP contribution in [0.1, 0.15) is 25.3 Å². The van der Waals surface area contributed by atoms with E-state index in [9.17, 15) is 0 Å². The maximum atomic E-state index is 5.56. The maximum absolute atomic E-state index is 5.56. The molecule has 0 aliphatic carbocycles. The minimum absolute atomic E-state index is 0.507. The molecule has 0 spiro atoms. The van der Waals surface area contributed by atoms with Gasteiger partial charge in [-0.05, 0) is 24.1 Å². The quantitative estimate of drug-likeness (QED) is 0.552. The highest BCUT2D eigenvalue weighted by Crippen LogP contribution is 2.12. The normalized spacial score (nSPS) is 10.3. The molecule has 0 aliphatic rings. The summed E-state index contributed by atoms with van der Waals surface area (Å²) in [7, 11) is 0. The zero-order chi connectivity index (χ0) is 13.2. The van der Waals surface area contributed by atoms with Crippen molar-refractivity contribution in [2.24, 2.45) is 5.73 Å². The van der Waals surface area contributed by atoms with Crippen LogP contribution in [0.5, 0.6) is 5.75 Å². The SMILES string of the molecule is CCCCOCCOc1ccc(CC(N)=S)cc1. The number of hydrogen-bond acceptors (Lipinski definition) is 3. The van der Waals surface area contributed by atoms with Crippen LogP contribution in [0.2, 0.25) is 0 Å². The minimum atomic E-state index is 0.507. The zero-order valence-corrected chi connectivity index (χ0v) is 11.7. The third kappa shape index (κ3) is 6.57. The second-order valence-corrected chi connectivity index (χ2v) is 4.63. The molecule has 3 nitrogen and oxygen atoms in total. The molecule has 1 aromatic carbocycles. The first-order valence-electron chi connectivity index (χ1n) is 6.30. The van der Waals surface area contributed by atoms with Gasteiger partial charge in [-0.3, -0.25) is 0 Å². The molecule has 1 aromatic rings. The van der Waals surface area contributed by atoms with E-state index >= 15 is 0 Å². The molecule has 2 N–H and O–H groups in total. The van der Waals surface area contributed by atoms with Gasteiger partial charge in [0.2, 0.25) is 0 Å². The van der Waals surface area contributed by atoms with Crippen LogP contribution in [0.25, 0.3) is 0 Å². The molecular weight excluding hydrogens is 246 g/mol. The van der Waals surface area contributed by atoms with E-state index in [-0.39, 0.29) is 0 Å². The zero-order valence-electron chi connectivity index (χ0n) is 10.9. The van der Waals surface area contributed by atoms with Gasteiger partial charge in [-0.1, -0.05) is 37.7 Å². The van der Waals surface area contributed by atoms with Gasteiger partial charge in [0.05, 0.1) is 11.6 Å². The van der Waals surface area contributed by atoms with Gasteiger partial charge in [0, 0.05) is 13.0 Å². The number of nitrogens with two attached hydrogens (primary N) is 1. The molecule has 0 amide bonds. The maximum Gasteiger partial charge on any atom is 0.119 e. The summed E-state index contributed by atoms with van der Waals surface area (Å²) in [5.41, 5.74) is 6.59. The summed E-state index contributed by atoms with van der Waals surface area (Å²) in [5, 5.41) is 0. The fraction of sp³-hybridized carbons (Fsp3) is 0.500. The number of benzene rings is 1. The van der Waals surface area contributed by atoms with E-state index in [1.807, 2.05) is 24.3 Å². The molecule has 0 atom stereocenters. The molecule has 0 aromatic heterocycles. The van der Waals surface area contributed by atoms with Crippen molar-refractivity contribution in [3.63, 3.8) is 0 Å². The molecule has 0 fully saturated rings. The van der Waals surface area contributed by atoms with Crippen molar-refractivity contribution in [3.8, 4) is 5.75 Å². The predicted molar refractivity (Wildman–Crippen MR) is 78.2 cm³/mol. The lowest BCUT2D eigenvalue weighted by Gasteiger charge is -2.07. The third-order valence-electron chi connectivity index (χ3n) is 2.44. The number of hydrogen-bond donors (Lipinski definition) is 1. The summed E-state index contributed by atoms with van der Waals surface area (Å²) in [5.74, 6) is 0.848. The Balaban J connectivity index is 2.20. The molecule has 0 unspecified atom stereocenters. The van der Waals surface area contributed by atoms with E-state index < -0.39 is 0 Å². The van der Waals surface area contributed by atoms with Gasteiger partial charge in [0.25, 0.3) is 0 Å². The molecule has 4 heteroatoms. The van der Waals surface area contributed by atoms with Gasteiger partial charge in [-0.15, -0.1) is 0 Å². The molecule has 0 bridgehead atoms. The Morgan fingerprint density at radius 2 is 1.89 bits per heavy atom. The largest absolute Gasteiger partial charge is 0.491 e. The molecule has 0 heterocycles. The Hall–Kier alpha value is -1.13. The van der Waals surface area contributed by atoms with Gasteiger partial charge >= 0.3 is 0 Å². The van der Waals surface area contributed by atoms with Crippen molar-refractivity contribution in [3.05, 3.63) is 29.8 Å². The first-order valence-corrected chi connectivity index (χ1v) is 6.71. The number of unbranched alkanes of at least 4 members (excludes halogenated alkanes) is 1. The molecule has 0 aliphatic heterocycles. The number of thiocarbonyl (C=S) groups is 1. The highest BCUT2D eigenvalue weighted by Gasteiger charge is 1.97. The Morgan fingerprint density at radius 1 is 1.17 bits per heavy atom. The lowest BCUT2D eigenvalue weighted by Crippen LogP contribution is -2.11. The van der Waals surface area contributed by atoms with E-state index in [1.165, 1.54) is 0 Å². The van der Waals surface area contributed by atoms with E-state index in [0.29, 0.717) is 24.6 Å². The van der Waals surface area contributed by atoms with Crippen molar-refractivity contribution in [2.45, 2.75) is 26.2 Å². The Morgan fingerprint density at radius 3 is 2.50 bits per heavy atom. The van der Waals surface area contributed by atoms with Gasteiger partial charge in [0.15, 0.2) is 0 Å². The van der Waals surface area contributed by atoms with Crippen LogP contribution in [-0.2, 0) is 11.2 Å². The fourth-order valence-corrected chi connectivity index (χ4v) is 1.64. The van der Waals surface area contributed by atoms with Crippen LogP contribution in [0, 0.1) is 0 Å². The average molecular weight is 267 g/mol. The van der Waals surface area contributed by atoms with Crippen molar-refractivity contribution in [1.29, 1.82) is 0 Å². The molecule has 0 saturated carbocycles. The van der Waals surface area contributed by atoms with E-state index in [1.54, 1.807) is 0 Å². The van der Waals surface area contributed by atoms with E-state index in [4.69, 9.17) is 27.4 Å². The smallest absolute Gasteiger partial charge is 0.119 e. The summed E-state index contributed by atoms with van der Waals surface area (Å²) in [6, 6.07) is 7.82. The van der Waals surface area contributed by atoms with E-state index in [2.05, 4.69) is 6.92 Å². The van der Waals surface area contributed by atoms with Gasteiger partial charge in [0.1, 0.15) is 12.4 Å². The molecular formula is C14H21NO2S. The van der Waals surface area contributed by atoms with E-state index in [0.717, 1.165) is 30.8 Å². The summed E-state index contributed by atoms with van der Waals surface area (Å²) < 4.78 is 11.0. The van der Waals surface area contributed by atoms with Gasteiger partial charge in [-0.2, -0.15) is 0 Å². The topological polar surface area (TPSA) is 44.5 Å². The van der Waals surface area contributed by atoms with Crippen LogP contribution in [-0.4, -0.2) is 24.8 Å². The van der Waals surface area contributed by atoms with Crippen LogP contribution in [0.3, 0.4) is 0 Å². The second kappa shape index (κ2) is 8.89. The monoisotopic (exact) mass is 267 g/mol. The predicted octanol–water partition coefficient (Wildman–Crippen LogP) is 2.71. The van der Waals surface area contributed by atoms with Crippen LogP contribution in [0.15, 0.2) is 24.3 Å². The summed E-state index contributed by atoms with van der Waals surface area (Å²) in [6.45, 7) is 4.17. The number of ether oxygens (including phenoxy) is 2. The summed E-state index contributed by atoms with van der Waals surface area (Å²) in [6.07, 6.45) is 2.90. The van der Waals surface area contributed by atoms with Crippen molar-refractivity contribution >= 4 is 17.2 Å². The average Bonchev–Trinajstić information content (AvgIpc) is 2.35. The van der Waals surface area contributed by atoms with Gasteiger partial charge in [-0.25, -0.2) is 0 Å². The van der Waals surface area contributed by atoms with Crippen LogP contribution in [0.4, 0.5) is 0 Å². The van der Waals surface area contributed by atoms with Crippen molar-refractivity contribution < 1.29 is 9.47 Å². The standard InChI is InChI=1S/C14H21NO2S/c1-2-3-8-16-9-10-17-13-6-4-12(5-7-13)11-14(15)18/h4-7H,2-3,8-11H2,1H3,(H2,15,18). The molecule has 0 saturated heterocycles. The molecule has 18 heavy (non-hydrogen) atoms.